The van der Waals surface area contributed by atoms with Crippen LogP contribution in [0.2, 0.25) is 0 Å². The Morgan fingerprint density at radius 3 is 2.50 bits per heavy atom. The minimum Gasteiger partial charge on any atom is -0.355 e. The molecule has 2 amide bonds. The fourth-order valence-electron chi connectivity index (χ4n) is 2.50. The van der Waals surface area contributed by atoms with Crippen molar-refractivity contribution in [2.45, 2.75) is 33.2 Å². The lowest BCUT2D eigenvalue weighted by Gasteiger charge is -2.08. The zero-order valence-corrected chi connectivity index (χ0v) is 14.2. The van der Waals surface area contributed by atoms with Gasteiger partial charge in [0.15, 0.2) is 0 Å². The van der Waals surface area contributed by atoms with Gasteiger partial charge in [-0.3, -0.25) is 9.59 Å². The SMILES string of the molecule is Cc1cc(C)cc(C(=O)NCC(=O)NCCCCn2ccnc2)c1. The number of benzene rings is 1. The summed E-state index contributed by atoms with van der Waals surface area (Å²) in [7, 11) is 0. The van der Waals surface area contributed by atoms with Crippen LogP contribution in [0.4, 0.5) is 0 Å². The highest BCUT2D eigenvalue weighted by Crippen LogP contribution is 2.08. The number of imidazole rings is 1. The summed E-state index contributed by atoms with van der Waals surface area (Å²) in [5, 5.41) is 5.47. The van der Waals surface area contributed by atoms with Crippen molar-refractivity contribution in [1.82, 2.24) is 20.2 Å². The Kier molecular flexibility index (Phi) is 6.54. The van der Waals surface area contributed by atoms with Crippen LogP contribution in [0.1, 0.15) is 34.3 Å². The molecule has 0 spiro atoms. The predicted molar refractivity (Wildman–Crippen MR) is 92.7 cm³/mol. The molecule has 0 unspecified atom stereocenters. The van der Waals surface area contributed by atoms with Crippen LogP contribution in [-0.2, 0) is 11.3 Å². The number of hydrogen-bond donors (Lipinski definition) is 2. The Labute approximate surface area is 142 Å². The molecule has 0 aliphatic heterocycles. The van der Waals surface area contributed by atoms with Gasteiger partial charge in [0, 0.05) is 31.0 Å². The number of aromatic nitrogens is 2. The molecular weight excluding hydrogens is 304 g/mol. The molecule has 1 aromatic heterocycles. The first kappa shape index (κ1) is 17.7. The number of aryl methyl sites for hydroxylation is 3. The van der Waals surface area contributed by atoms with E-state index in [1.54, 1.807) is 12.5 Å². The molecule has 2 rings (SSSR count). The summed E-state index contributed by atoms with van der Waals surface area (Å²) < 4.78 is 2.01. The zero-order chi connectivity index (χ0) is 17.4. The van der Waals surface area contributed by atoms with Gasteiger partial charge < -0.3 is 15.2 Å². The highest BCUT2D eigenvalue weighted by Gasteiger charge is 2.08. The van der Waals surface area contributed by atoms with Crippen LogP contribution in [0.5, 0.6) is 0 Å². The second kappa shape index (κ2) is 8.86. The van der Waals surface area contributed by atoms with E-state index in [-0.39, 0.29) is 18.4 Å². The van der Waals surface area contributed by atoms with E-state index in [0.717, 1.165) is 30.5 Å². The van der Waals surface area contributed by atoms with Crippen LogP contribution in [0.25, 0.3) is 0 Å². The molecule has 0 radical (unpaired) electrons. The molecular formula is C18H24N4O2. The van der Waals surface area contributed by atoms with E-state index >= 15 is 0 Å². The van der Waals surface area contributed by atoms with Crippen molar-refractivity contribution in [2.75, 3.05) is 13.1 Å². The van der Waals surface area contributed by atoms with Gasteiger partial charge in [-0.2, -0.15) is 0 Å². The molecule has 2 aromatic rings. The standard InChI is InChI=1S/C18H24N4O2/c1-14-9-15(2)11-16(10-14)18(24)21-12-17(23)20-5-3-4-7-22-8-6-19-13-22/h6,8-11,13H,3-5,7,12H2,1-2H3,(H,20,23)(H,21,24). The minimum atomic E-state index is -0.225. The third-order valence-corrected chi connectivity index (χ3v) is 3.62. The average Bonchev–Trinajstić information content (AvgIpc) is 3.04. The molecule has 1 aromatic carbocycles. The van der Waals surface area contributed by atoms with Gasteiger partial charge in [-0.15, -0.1) is 0 Å². The first-order valence-corrected chi connectivity index (χ1v) is 8.13. The predicted octanol–water partition coefficient (Wildman–Crippen LogP) is 1.83. The summed E-state index contributed by atoms with van der Waals surface area (Å²) in [6.07, 6.45) is 7.29. The minimum absolute atomic E-state index is 0.00660. The largest absolute Gasteiger partial charge is 0.355 e. The Balaban J connectivity index is 1.62. The van der Waals surface area contributed by atoms with E-state index in [0.29, 0.717) is 12.1 Å². The summed E-state index contributed by atoms with van der Waals surface area (Å²) >= 11 is 0. The van der Waals surface area contributed by atoms with Crippen molar-refractivity contribution < 1.29 is 9.59 Å². The fourth-order valence-corrected chi connectivity index (χ4v) is 2.50. The number of amides is 2. The van der Waals surface area contributed by atoms with Crippen molar-refractivity contribution in [2.24, 2.45) is 0 Å². The second-order valence-electron chi connectivity index (χ2n) is 5.92. The summed E-state index contributed by atoms with van der Waals surface area (Å²) in [4.78, 5) is 27.8. The van der Waals surface area contributed by atoms with Crippen molar-refractivity contribution in [3.8, 4) is 0 Å². The fraction of sp³-hybridized carbons (Fsp3) is 0.389. The number of carbonyl (C=O) groups excluding carboxylic acids is 2. The van der Waals surface area contributed by atoms with Gasteiger partial charge >= 0.3 is 0 Å². The zero-order valence-electron chi connectivity index (χ0n) is 14.2. The maximum atomic E-state index is 12.1. The lowest BCUT2D eigenvalue weighted by Crippen LogP contribution is -2.37. The maximum absolute atomic E-state index is 12.1. The van der Waals surface area contributed by atoms with Crippen molar-refractivity contribution in [3.63, 3.8) is 0 Å². The van der Waals surface area contributed by atoms with E-state index in [4.69, 9.17) is 0 Å². The van der Waals surface area contributed by atoms with E-state index in [9.17, 15) is 9.59 Å². The molecule has 2 N–H and O–H groups in total. The second-order valence-corrected chi connectivity index (χ2v) is 5.92. The summed E-state index contributed by atoms with van der Waals surface area (Å²) in [5.41, 5.74) is 2.64. The number of rotatable bonds is 8. The van der Waals surface area contributed by atoms with Gasteiger partial charge in [-0.05, 0) is 38.8 Å². The third-order valence-electron chi connectivity index (χ3n) is 3.62. The van der Waals surface area contributed by atoms with E-state index in [1.165, 1.54) is 0 Å². The van der Waals surface area contributed by atoms with Crippen LogP contribution >= 0.6 is 0 Å². The van der Waals surface area contributed by atoms with Gasteiger partial charge in [-0.25, -0.2) is 4.98 Å². The molecule has 6 nitrogen and oxygen atoms in total. The number of nitrogens with one attached hydrogen (secondary N) is 2. The molecule has 0 fully saturated rings. The summed E-state index contributed by atoms with van der Waals surface area (Å²) in [5.74, 6) is -0.396. The molecule has 0 aliphatic rings. The monoisotopic (exact) mass is 328 g/mol. The number of unbranched alkanes of at least 4 members (excludes halogenated alkanes) is 1. The van der Waals surface area contributed by atoms with Gasteiger partial charge in [0.2, 0.25) is 5.91 Å². The Bertz CT molecular complexity index is 660. The van der Waals surface area contributed by atoms with Crippen LogP contribution in [0.15, 0.2) is 36.9 Å². The molecule has 128 valence electrons. The number of nitrogens with zero attached hydrogens (tertiary/aromatic N) is 2. The van der Waals surface area contributed by atoms with Gasteiger partial charge in [0.05, 0.1) is 12.9 Å². The van der Waals surface area contributed by atoms with Gasteiger partial charge in [-0.1, -0.05) is 17.2 Å². The van der Waals surface area contributed by atoms with E-state index in [2.05, 4.69) is 15.6 Å². The smallest absolute Gasteiger partial charge is 0.251 e. The van der Waals surface area contributed by atoms with Crippen LogP contribution in [0, 0.1) is 13.8 Å². The van der Waals surface area contributed by atoms with Crippen LogP contribution < -0.4 is 10.6 Å². The molecule has 0 bridgehead atoms. The van der Waals surface area contributed by atoms with Crippen molar-refractivity contribution >= 4 is 11.8 Å². The molecule has 6 heteroatoms. The topological polar surface area (TPSA) is 76.0 Å². The Morgan fingerprint density at radius 2 is 1.83 bits per heavy atom. The normalized spacial score (nSPS) is 10.4. The first-order chi connectivity index (χ1) is 11.5. The van der Waals surface area contributed by atoms with Gasteiger partial charge in [0.25, 0.3) is 5.91 Å². The van der Waals surface area contributed by atoms with Crippen molar-refractivity contribution in [1.29, 1.82) is 0 Å². The lowest BCUT2D eigenvalue weighted by atomic mass is 10.1. The highest BCUT2D eigenvalue weighted by atomic mass is 16.2. The highest BCUT2D eigenvalue weighted by molar-refractivity contribution is 5.96. The molecule has 0 saturated heterocycles. The quantitative estimate of drug-likeness (QED) is 0.726. The van der Waals surface area contributed by atoms with E-state index < -0.39 is 0 Å². The van der Waals surface area contributed by atoms with Gasteiger partial charge in [0.1, 0.15) is 0 Å². The summed E-state index contributed by atoms with van der Waals surface area (Å²) in [6, 6.07) is 5.64. The van der Waals surface area contributed by atoms with Crippen molar-refractivity contribution in [3.05, 3.63) is 53.6 Å². The Morgan fingerprint density at radius 1 is 1.08 bits per heavy atom. The van der Waals surface area contributed by atoms with Crippen LogP contribution in [-0.4, -0.2) is 34.5 Å². The third kappa shape index (κ3) is 5.87. The lowest BCUT2D eigenvalue weighted by molar-refractivity contribution is -0.120. The molecule has 24 heavy (non-hydrogen) atoms. The number of hydrogen-bond acceptors (Lipinski definition) is 3. The molecule has 0 atom stereocenters. The molecule has 0 aliphatic carbocycles. The number of carbonyl (C=O) groups is 2. The van der Waals surface area contributed by atoms with Crippen LogP contribution in [0.3, 0.4) is 0 Å². The summed E-state index contributed by atoms with van der Waals surface area (Å²) in [6.45, 7) is 5.38. The molecule has 1 heterocycles. The molecule has 0 saturated carbocycles. The first-order valence-electron chi connectivity index (χ1n) is 8.13. The maximum Gasteiger partial charge on any atom is 0.251 e. The Hall–Kier alpha value is -2.63. The van der Waals surface area contributed by atoms with E-state index in [1.807, 2.05) is 42.8 Å². The average molecular weight is 328 g/mol.